The van der Waals surface area contributed by atoms with E-state index in [-0.39, 0.29) is 0 Å². The summed E-state index contributed by atoms with van der Waals surface area (Å²) in [6.45, 7) is 2.17. The van der Waals surface area contributed by atoms with Crippen LogP contribution in [0.5, 0.6) is 0 Å². The van der Waals surface area contributed by atoms with Gasteiger partial charge in [0.1, 0.15) is 0 Å². The van der Waals surface area contributed by atoms with Crippen LogP contribution in [0.4, 0.5) is 0 Å². The van der Waals surface area contributed by atoms with Crippen LogP contribution < -0.4 is 0 Å². The first-order chi connectivity index (χ1) is 6.92. The lowest BCUT2D eigenvalue weighted by molar-refractivity contribution is 1.20. The zero-order valence-corrected chi connectivity index (χ0v) is 8.40. The molecule has 2 aliphatic rings. The van der Waals surface area contributed by atoms with E-state index in [0.29, 0.717) is 0 Å². The SMILES string of the molecule is CCC=C1C2=CC=CC=C1C=CC=C2. The third kappa shape index (κ3) is 1.69. The molecule has 0 fully saturated rings. The maximum Gasteiger partial charge on any atom is -0.0151 e. The molecule has 14 heavy (non-hydrogen) atoms. The van der Waals surface area contributed by atoms with Crippen LogP contribution in [-0.4, -0.2) is 0 Å². The van der Waals surface area contributed by atoms with Gasteiger partial charge in [-0.3, -0.25) is 0 Å². The zero-order chi connectivity index (χ0) is 9.80. The Morgan fingerprint density at radius 1 is 0.929 bits per heavy atom. The van der Waals surface area contributed by atoms with E-state index in [0.717, 1.165) is 6.42 Å². The molecule has 2 aliphatic carbocycles. The van der Waals surface area contributed by atoms with Gasteiger partial charge in [-0.25, -0.2) is 0 Å². The minimum Gasteiger partial charge on any atom is -0.0763 e. The molecular weight excluding hydrogens is 168 g/mol. The number of hydrogen-bond acceptors (Lipinski definition) is 0. The number of rotatable bonds is 1. The van der Waals surface area contributed by atoms with Crippen LogP contribution in [0.25, 0.3) is 0 Å². The van der Waals surface area contributed by atoms with Gasteiger partial charge in [-0.1, -0.05) is 61.6 Å². The molecule has 0 unspecified atom stereocenters. The summed E-state index contributed by atoms with van der Waals surface area (Å²) >= 11 is 0. The van der Waals surface area contributed by atoms with Crippen LogP contribution in [0.15, 0.2) is 71.4 Å². The summed E-state index contributed by atoms with van der Waals surface area (Å²) in [5, 5.41) is 0. The molecular formula is C14H14. The molecule has 2 rings (SSSR count). The van der Waals surface area contributed by atoms with E-state index in [1.165, 1.54) is 16.7 Å². The number of allylic oxidation sites excluding steroid dienone is 12. The molecule has 0 spiro atoms. The maximum atomic E-state index is 2.28. The van der Waals surface area contributed by atoms with Crippen LogP contribution in [0, 0.1) is 0 Å². The van der Waals surface area contributed by atoms with E-state index in [1.807, 2.05) is 0 Å². The minimum atomic E-state index is 1.08. The Balaban J connectivity index is 2.56. The molecule has 0 saturated carbocycles. The fraction of sp³-hybridized carbons (Fsp3) is 0.143. The summed E-state index contributed by atoms with van der Waals surface area (Å²) in [5.41, 5.74) is 3.95. The Morgan fingerprint density at radius 3 is 2.00 bits per heavy atom. The summed E-state index contributed by atoms with van der Waals surface area (Å²) in [4.78, 5) is 0. The molecule has 0 aromatic carbocycles. The Bertz CT molecular complexity index is 362. The fourth-order valence-corrected chi connectivity index (χ4v) is 1.71. The number of fused-ring (bicyclic) bond motifs is 2. The van der Waals surface area contributed by atoms with Crippen molar-refractivity contribution in [2.24, 2.45) is 0 Å². The normalized spacial score (nSPS) is 18.5. The zero-order valence-electron chi connectivity index (χ0n) is 8.40. The molecule has 0 aromatic heterocycles. The van der Waals surface area contributed by atoms with Crippen LogP contribution in [0.3, 0.4) is 0 Å². The van der Waals surface area contributed by atoms with Crippen LogP contribution in [0.1, 0.15) is 13.3 Å². The van der Waals surface area contributed by atoms with Crippen LogP contribution in [-0.2, 0) is 0 Å². The molecule has 0 heteroatoms. The van der Waals surface area contributed by atoms with E-state index in [1.54, 1.807) is 0 Å². The molecule has 70 valence electrons. The lowest BCUT2D eigenvalue weighted by Crippen LogP contribution is -1.88. The smallest absolute Gasteiger partial charge is 0.0151 e. The highest BCUT2D eigenvalue weighted by atomic mass is 14.1. The molecule has 0 N–H and O–H groups in total. The molecule has 0 heterocycles. The van der Waals surface area contributed by atoms with Crippen molar-refractivity contribution in [1.82, 2.24) is 0 Å². The first kappa shape index (κ1) is 9.01. The maximum absolute atomic E-state index is 2.28. The highest BCUT2D eigenvalue weighted by Crippen LogP contribution is 2.26. The van der Waals surface area contributed by atoms with E-state index < -0.39 is 0 Å². The van der Waals surface area contributed by atoms with Crippen molar-refractivity contribution in [3.05, 3.63) is 71.4 Å². The van der Waals surface area contributed by atoms with Crippen molar-refractivity contribution in [2.75, 3.05) is 0 Å². The first-order valence-electron chi connectivity index (χ1n) is 5.06. The van der Waals surface area contributed by atoms with Crippen molar-refractivity contribution in [3.63, 3.8) is 0 Å². The predicted molar refractivity (Wildman–Crippen MR) is 62.0 cm³/mol. The predicted octanol–water partition coefficient (Wildman–Crippen LogP) is 3.87. The summed E-state index contributed by atoms with van der Waals surface area (Å²) in [6.07, 6.45) is 20.4. The highest BCUT2D eigenvalue weighted by Gasteiger charge is 2.08. The molecule has 0 atom stereocenters. The van der Waals surface area contributed by atoms with Gasteiger partial charge in [0.05, 0.1) is 0 Å². The molecule has 0 nitrogen and oxygen atoms in total. The van der Waals surface area contributed by atoms with Crippen LogP contribution in [0.2, 0.25) is 0 Å². The van der Waals surface area contributed by atoms with Gasteiger partial charge in [0.25, 0.3) is 0 Å². The Kier molecular flexibility index (Phi) is 2.64. The van der Waals surface area contributed by atoms with Gasteiger partial charge in [0, 0.05) is 0 Å². The minimum absolute atomic E-state index is 1.08. The second kappa shape index (κ2) is 4.10. The Morgan fingerprint density at radius 2 is 1.50 bits per heavy atom. The average molecular weight is 182 g/mol. The summed E-state index contributed by atoms with van der Waals surface area (Å²) < 4.78 is 0. The Labute approximate surface area is 85.3 Å². The van der Waals surface area contributed by atoms with Gasteiger partial charge in [0.2, 0.25) is 0 Å². The first-order valence-corrected chi connectivity index (χ1v) is 5.06. The molecule has 0 amide bonds. The van der Waals surface area contributed by atoms with Gasteiger partial charge in [-0.2, -0.15) is 0 Å². The van der Waals surface area contributed by atoms with E-state index >= 15 is 0 Å². The average Bonchev–Trinajstić information content (AvgIpc) is 2.50. The molecule has 2 bridgehead atoms. The van der Waals surface area contributed by atoms with E-state index in [2.05, 4.69) is 61.6 Å². The topological polar surface area (TPSA) is 0 Å². The summed E-state index contributed by atoms with van der Waals surface area (Å²) in [7, 11) is 0. The standard InChI is InChI=1S/C14H14/c1-2-7-14-12-8-3-4-9-13(14)11-6-5-10-12/h3-11H,2H2,1H3. The molecule has 0 aromatic rings. The highest BCUT2D eigenvalue weighted by molar-refractivity contribution is 5.61. The summed E-state index contributed by atoms with van der Waals surface area (Å²) in [6, 6.07) is 0. The molecule has 0 radical (unpaired) electrons. The van der Waals surface area contributed by atoms with E-state index in [9.17, 15) is 0 Å². The quantitative estimate of drug-likeness (QED) is 0.577. The second-order valence-electron chi connectivity index (χ2n) is 3.37. The van der Waals surface area contributed by atoms with Gasteiger partial charge >= 0.3 is 0 Å². The largest absolute Gasteiger partial charge is 0.0763 e. The van der Waals surface area contributed by atoms with Gasteiger partial charge < -0.3 is 0 Å². The van der Waals surface area contributed by atoms with Gasteiger partial charge in [0.15, 0.2) is 0 Å². The number of hydrogen-bond donors (Lipinski definition) is 0. The molecule has 0 saturated heterocycles. The third-order valence-corrected chi connectivity index (χ3v) is 2.36. The van der Waals surface area contributed by atoms with Crippen LogP contribution >= 0.6 is 0 Å². The Hall–Kier alpha value is -1.56. The lowest BCUT2D eigenvalue weighted by atomic mass is 9.98. The third-order valence-electron chi connectivity index (χ3n) is 2.36. The van der Waals surface area contributed by atoms with Gasteiger partial charge in [-0.05, 0) is 23.1 Å². The van der Waals surface area contributed by atoms with Crippen molar-refractivity contribution >= 4 is 0 Å². The van der Waals surface area contributed by atoms with E-state index in [4.69, 9.17) is 0 Å². The summed E-state index contributed by atoms with van der Waals surface area (Å²) in [5.74, 6) is 0. The van der Waals surface area contributed by atoms with Gasteiger partial charge in [-0.15, -0.1) is 0 Å². The van der Waals surface area contributed by atoms with Crippen molar-refractivity contribution in [1.29, 1.82) is 0 Å². The fourth-order valence-electron chi connectivity index (χ4n) is 1.71. The second-order valence-corrected chi connectivity index (χ2v) is 3.37. The lowest BCUT2D eigenvalue weighted by Gasteiger charge is -2.06. The monoisotopic (exact) mass is 182 g/mol. The van der Waals surface area contributed by atoms with Crippen molar-refractivity contribution in [2.45, 2.75) is 13.3 Å². The van der Waals surface area contributed by atoms with Crippen molar-refractivity contribution in [3.8, 4) is 0 Å². The van der Waals surface area contributed by atoms with Crippen molar-refractivity contribution < 1.29 is 0 Å². The molecule has 0 aliphatic heterocycles.